The van der Waals surface area contributed by atoms with Crippen LogP contribution in [0.25, 0.3) is 0 Å². The summed E-state index contributed by atoms with van der Waals surface area (Å²) in [6.45, 7) is -1.88. The number of alkyl halides is 17. The summed E-state index contributed by atoms with van der Waals surface area (Å²) in [5.74, 6) is -55.9. The van der Waals surface area contributed by atoms with Crippen LogP contribution in [0.15, 0.2) is 0 Å². The van der Waals surface area contributed by atoms with Crippen LogP contribution in [0.4, 0.5) is 74.6 Å². The zero-order valence-corrected chi connectivity index (χ0v) is 17.0. The molecule has 0 spiro atoms. The van der Waals surface area contributed by atoms with Gasteiger partial charge >= 0.3 is 47.5 Å². The molecule has 0 aromatic rings. The summed E-state index contributed by atoms with van der Waals surface area (Å²) in [7, 11) is 0.128. The number of likely N-dealkylation sites (tertiary alicyclic amines) is 1. The topological polar surface area (TPSA) is 0 Å². The Morgan fingerprint density at radius 3 is 1.18 bits per heavy atom. The smallest absolute Gasteiger partial charge is 0.260 e. The quantitative estimate of drug-likeness (QED) is 0.157. The fraction of sp³-hybridized carbons (Fsp3) is 1.00. The van der Waals surface area contributed by atoms with E-state index in [-0.39, 0.29) is 26.8 Å². The van der Waals surface area contributed by atoms with Crippen molar-refractivity contribution >= 4 is 0 Å². The van der Waals surface area contributed by atoms with Crippen LogP contribution in [0.1, 0.15) is 26.2 Å². The van der Waals surface area contributed by atoms with E-state index in [9.17, 15) is 74.6 Å². The zero-order valence-electron chi connectivity index (χ0n) is 17.0. The third-order valence-electron chi connectivity index (χ3n) is 5.75. The minimum Gasteiger partial charge on any atom is -0.260 e. The van der Waals surface area contributed by atoms with Crippen LogP contribution in [0.2, 0.25) is 0 Å². The van der Waals surface area contributed by atoms with Crippen LogP contribution < -0.4 is 0 Å². The molecule has 0 aromatic heterocycles. The Morgan fingerprint density at radius 1 is 0.559 bits per heavy atom. The summed E-state index contributed by atoms with van der Waals surface area (Å²) in [6.07, 6.45) is -6.93. The van der Waals surface area contributed by atoms with Gasteiger partial charge in [0.25, 0.3) is 0 Å². The van der Waals surface area contributed by atoms with Crippen LogP contribution in [0.5, 0.6) is 0 Å². The third kappa shape index (κ3) is 3.54. The average molecular weight is 546 g/mol. The molecule has 1 saturated heterocycles. The Kier molecular flexibility index (Phi) is 7.38. The van der Waals surface area contributed by atoms with Gasteiger partial charge in [-0.05, 0) is 6.42 Å². The van der Waals surface area contributed by atoms with E-state index >= 15 is 0 Å². The highest BCUT2D eigenvalue weighted by molar-refractivity contribution is 5.16. The summed E-state index contributed by atoms with van der Waals surface area (Å²) in [5, 5.41) is 0. The van der Waals surface area contributed by atoms with Gasteiger partial charge in [-0.2, -0.15) is 61.5 Å². The Hall–Kier alpha value is -1.23. The number of hydrogen-bond donors (Lipinski definition) is 0. The Bertz CT molecular complexity index is 738. The molecule has 1 unspecified atom stereocenters. The van der Waals surface area contributed by atoms with Gasteiger partial charge in [-0.1, -0.05) is 6.92 Å². The van der Waals surface area contributed by atoms with E-state index in [1.54, 1.807) is 0 Å². The van der Waals surface area contributed by atoms with E-state index in [0.29, 0.717) is 0 Å². The molecule has 0 amide bonds. The summed E-state index contributed by atoms with van der Waals surface area (Å²) in [4.78, 5) is 0. The van der Waals surface area contributed by atoms with Crippen molar-refractivity contribution in [2.24, 2.45) is 0 Å². The summed E-state index contributed by atoms with van der Waals surface area (Å²) >= 11 is 0. The lowest BCUT2D eigenvalue weighted by Crippen LogP contribution is -2.78. The first-order valence-electron chi connectivity index (χ1n) is 9.20. The second-order valence-electron chi connectivity index (χ2n) is 8.04. The van der Waals surface area contributed by atoms with Gasteiger partial charge in [0.2, 0.25) is 0 Å². The maximum Gasteiger partial charge on any atom is 0.461 e. The number of quaternary nitrogens is 1. The minimum atomic E-state index is -8.52. The lowest BCUT2D eigenvalue weighted by Gasteiger charge is -2.46. The van der Waals surface area contributed by atoms with Crippen LogP contribution in [0.3, 0.4) is 0 Å². The standard InChI is InChI=1S/C16H17F17N/c1-3-8(17)9(18,19)10(20,21)11(22,23)12(24,25)13(26,27)14(28,29)15(30,31)16(32,33)34(2)6-4-5-7-34/h8H,3-7H2,1-2H3/q+1. The van der Waals surface area contributed by atoms with E-state index < -0.39 is 77.7 Å². The SMILES string of the molecule is CCC(F)C(F)(F)C(F)(F)C(F)(F)C(F)(F)C(F)(F)C(F)(F)C(F)(F)C(F)(F)[N+]1(C)CCCC1. The van der Waals surface area contributed by atoms with Crippen molar-refractivity contribution in [3.8, 4) is 0 Å². The fourth-order valence-corrected chi connectivity index (χ4v) is 3.29. The molecular weight excluding hydrogens is 529 g/mol. The molecule has 0 bridgehead atoms. The van der Waals surface area contributed by atoms with Gasteiger partial charge in [0.05, 0.1) is 20.1 Å². The molecule has 1 nitrogen and oxygen atoms in total. The van der Waals surface area contributed by atoms with Crippen molar-refractivity contribution in [2.75, 3.05) is 20.1 Å². The first-order chi connectivity index (χ1) is 14.7. The normalized spacial score (nSPS) is 20.6. The zero-order chi connectivity index (χ0) is 27.6. The largest absolute Gasteiger partial charge is 0.461 e. The number of nitrogens with zero attached hydrogens (tertiary/aromatic N) is 1. The predicted molar refractivity (Wildman–Crippen MR) is 79.9 cm³/mol. The van der Waals surface area contributed by atoms with Gasteiger partial charge < -0.3 is 0 Å². The Balaban J connectivity index is 3.69. The highest BCUT2D eigenvalue weighted by Gasteiger charge is 2.96. The summed E-state index contributed by atoms with van der Waals surface area (Å²) < 4.78 is 231. The van der Waals surface area contributed by atoms with Crippen molar-refractivity contribution < 1.29 is 79.1 Å². The number of hydrogen-bond acceptors (Lipinski definition) is 0. The average Bonchev–Trinajstić information content (AvgIpc) is 3.14. The van der Waals surface area contributed by atoms with Crippen LogP contribution in [-0.2, 0) is 0 Å². The molecule has 18 heteroatoms. The molecule has 0 aromatic carbocycles. The molecular formula is C16H17F17N+. The van der Waals surface area contributed by atoms with E-state index in [4.69, 9.17) is 0 Å². The molecule has 0 N–H and O–H groups in total. The Morgan fingerprint density at radius 2 is 0.853 bits per heavy atom. The molecule has 34 heavy (non-hydrogen) atoms. The molecule has 1 fully saturated rings. The molecule has 204 valence electrons. The van der Waals surface area contributed by atoms with Crippen molar-refractivity contribution in [1.82, 2.24) is 0 Å². The van der Waals surface area contributed by atoms with Crippen molar-refractivity contribution in [1.29, 1.82) is 0 Å². The van der Waals surface area contributed by atoms with Crippen molar-refractivity contribution in [2.45, 2.75) is 79.9 Å². The lowest BCUT2D eigenvalue weighted by atomic mass is 9.87. The molecule has 0 radical (unpaired) electrons. The first-order valence-corrected chi connectivity index (χ1v) is 9.20. The molecule has 1 aliphatic rings. The fourth-order valence-electron chi connectivity index (χ4n) is 3.29. The van der Waals surface area contributed by atoms with Gasteiger partial charge in [0.15, 0.2) is 6.17 Å². The van der Waals surface area contributed by atoms with E-state index in [0.717, 1.165) is 0 Å². The Labute approximate surface area is 180 Å². The van der Waals surface area contributed by atoms with Crippen molar-refractivity contribution in [3.05, 3.63) is 0 Å². The molecule has 1 atom stereocenters. The molecule has 1 rings (SSSR count). The maximum atomic E-state index is 14.2. The third-order valence-corrected chi connectivity index (χ3v) is 5.75. The van der Waals surface area contributed by atoms with Crippen molar-refractivity contribution in [3.63, 3.8) is 0 Å². The van der Waals surface area contributed by atoms with Gasteiger partial charge in [-0.15, -0.1) is 8.78 Å². The van der Waals surface area contributed by atoms with Crippen LogP contribution in [0, 0.1) is 0 Å². The van der Waals surface area contributed by atoms with Gasteiger partial charge in [-0.3, -0.25) is 4.48 Å². The van der Waals surface area contributed by atoms with Crippen LogP contribution in [-0.4, -0.2) is 78.3 Å². The number of halogens is 17. The highest BCUT2D eigenvalue weighted by Crippen LogP contribution is 2.65. The molecule has 0 saturated carbocycles. The summed E-state index contributed by atoms with van der Waals surface area (Å²) in [5.41, 5.74) is 0. The number of rotatable bonds is 10. The van der Waals surface area contributed by atoms with E-state index in [1.165, 1.54) is 0 Å². The van der Waals surface area contributed by atoms with Gasteiger partial charge in [0.1, 0.15) is 0 Å². The maximum absolute atomic E-state index is 14.2. The highest BCUT2D eigenvalue weighted by atomic mass is 19.4. The summed E-state index contributed by atoms with van der Waals surface area (Å²) in [6, 6.07) is -6.35. The second-order valence-corrected chi connectivity index (χ2v) is 8.04. The minimum absolute atomic E-state index is 0.128. The first kappa shape index (κ1) is 30.8. The van der Waals surface area contributed by atoms with Crippen LogP contribution >= 0.6 is 0 Å². The molecule has 1 heterocycles. The second kappa shape index (κ2) is 8.15. The monoisotopic (exact) mass is 546 g/mol. The van der Waals surface area contributed by atoms with Gasteiger partial charge in [0, 0.05) is 12.8 Å². The lowest BCUT2D eigenvalue weighted by molar-refractivity contribution is -0.997. The van der Waals surface area contributed by atoms with Gasteiger partial charge in [-0.25, -0.2) is 4.39 Å². The predicted octanol–water partition coefficient (Wildman–Crippen LogP) is 7.01. The molecule has 0 aliphatic carbocycles. The van der Waals surface area contributed by atoms with E-state index in [1.807, 2.05) is 0 Å². The van der Waals surface area contributed by atoms with E-state index in [2.05, 4.69) is 0 Å². The molecule has 1 aliphatic heterocycles.